The summed E-state index contributed by atoms with van der Waals surface area (Å²) in [5.74, 6) is -0.915. The molecular formula is C14H24N2O5. The maximum atomic E-state index is 12.3. The van der Waals surface area contributed by atoms with E-state index in [0.29, 0.717) is 26.3 Å². The van der Waals surface area contributed by atoms with Crippen molar-refractivity contribution in [1.82, 2.24) is 10.2 Å². The molecule has 1 aliphatic carbocycles. The predicted octanol–water partition coefficient (Wildman–Crippen LogP) is 0.688. The van der Waals surface area contributed by atoms with Gasteiger partial charge >= 0.3 is 12.0 Å². The van der Waals surface area contributed by atoms with E-state index in [9.17, 15) is 9.59 Å². The highest BCUT2D eigenvalue weighted by molar-refractivity contribution is 5.76. The molecule has 2 fully saturated rings. The number of nitrogens with zero attached hydrogens (tertiary/aromatic N) is 1. The molecule has 120 valence electrons. The molecule has 2 N–H and O–H groups in total. The lowest BCUT2D eigenvalue weighted by molar-refractivity contribution is -0.139. The largest absolute Gasteiger partial charge is 0.481 e. The van der Waals surface area contributed by atoms with E-state index in [0.717, 1.165) is 19.3 Å². The summed E-state index contributed by atoms with van der Waals surface area (Å²) in [7, 11) is 1.68. The van der Waals surface area contributed by atoms with Crippen molar-refractivity contribution in [2.24, 2.45) is 5.41 Å². The van der Waals surface area contributed by atoms with Crippen molar-refractivity contribution in [3.8, 4) is 0 Å². The van der Waals surface area contributed by atoms with E-state index in [1.165, 1.54) is 0 Å². The van der Waals surface area contributed by atoms with Crippen molar-refractivity contribution in [1.29, 1.82) is 0 Å². The van der Waals surface area contributed by atoms with Crippen molar-refractivity contribution in [2.45, 2.75) is 31.7 Å². The number of rotatable bonds is 7. The van der Waals surface area contributed by atoms with E-state index >= 15 is 0 Å². The average molecular weight is 300 g/mol. The molecule has 1 heterocycles. The van der Waals surface area contributed by atoms with Gasteiger partial charge in [0.25, 0.3) is 0 Å². The molecule has 2 aliphatic rings. The van der Waals surface area contributed by atoms with Crippen LogP contribution in [0.15, 0.2) is 0 Å². The summed E-state index contributed by atoms with van der Waals surface area (Å²) in [4.78, 5) is 24.7. The van der Waals surface area contributed by atoms with Gasteiger partial charge in [-0.1, -0.05) is 0 Å². The van der Waals surface area contributed by atoms with Crippen molar-refractivity contribution in [3.63, 3.8) is 0 Å². The molecule has 2 amide bonds. The third kappa shape index (κ3) is 4.57. The molecule has 0 bridgehead atoms. The minimum absolute atomic E-state index is 0.0811. The van der Waals surface area contributed by atoms with Crippen molar-refractivity contribution in [2.75, 3.05) is 40.0 Å². The SMILES string of the molecule is COCCC1(CNC(=O)N2CCOCC2CC(=O)O)CC1. The number of urea groups is 1. The molecule has 1 saturated heterocycles. The molecule has 0 spiro atoms. The van der Waals surface area contributed by atoms with Gasteiger partial charge in [-0.2, -0.15) is 0 Å². The Morgan fingerprint density at radius 2 is 2.24 bits per heavy atom. The number of carbonyl (C=O) groups is 2. The van der Waals surface area contributed by atoms with Gasteiger partial charge in [-0.3, -0.25) is 4.79 Å². The van der Waals surface area contributed by atoms with Crippen LogP contribution in [0.1, 0.15) is 25.7 Å². The Morgan fingerprint density at radius 1 is 1.48 bits per heavy atom. The van der Waals surface area contributed by atoms with Crippen LogP contribution in [0, 0.1) is 5.41 Å². The molecule has 0 aromatic carbocycles. The van der Waals surface area contributed by atoms with E-state index in [1.54, 1.807) is 12.0 Å². The Kier molecular flexibility index (Phi) is 5.41. The summed E-state index contributed by atoms with van der Waals surface area (Å²) in [5.41, 5.74) is 0.181. The highest BCUT2D eigenvalue weighted by Crippen LogP contribution is 2.48. The van der Waals surface area contributed by atoms with Crippen molar-refractivity contribution >= 4 is 12.0 Å². The van der Waals surface area contributed by atoms with Crippen LogP contribution >= 0.6 is 0 Å². The molecule has 21 heavy (non-hydrogen) atoms. The Hall–Kier alpha value is -1.34. The summed E-state index contributed by atoms with van der Waals surface area (Å²) < 4.78 is 10.4. The Balaban J connectivity index is 1.82. The fourth-order valence-electron chi connectivity index (χ4n) is 2.67. The van der Waals surface area contributed by atoms with Crippen LogP contribution in [0.25, 0.3) is 0 Å². The standard InChI is InChI=1S/C14H24N2O5/c1-20-6-4-14(2-3-14)10-15-13(19)16-5-7-21-9-11(16)8-12(17)18/h11H,2-10H2,1H3,(H,15,19)(H,17,18). The molecule has 0 radical (unpaired) electrons. The zero-order valence-electron chi connectivity index (χ0n) is 12.5. The Bertz CT molecular complexity index is 384. The zero-order valence-corrected chi connectivity index (χ0v) is 12.5. The van der Waals surface area contributed by atoms with E-state index in [2.05, 4.69) is 5.32 Å². The summed E-state index contributed by atoms with van der Waals surface area (Å²) in [6.45, 7) is 2.52. The molecule has 2 rings (SSSR count). The number of morpholine rings is 1. The number of carboxylic acid groups (broad SMARTS) is 1. The first kappa shape index (κ1) is 16.0. The van der Waals surface area contributed by atoms with Crippen molar-refractivity contribution in [3.05, 3.63) is 0 Å². The van der Waals surface area contributed by atoms with Crippen LogP contribution < -0.4 is 5.32 Å². The number of aliphatic carboxylic acids is 1. The fourth-order valence-corrected chi connectivity index (χ4v) is 2.67. The van der Waals surface area contributed by atoms with Crippen LogP contribution in [0.3, 0.4) is 0 Å². The predicted molar refractivity (Wildman–Crippen MR) is 75.1 cm³/mol. The first-order valence-corrected chi connectivity index (χ1v) is 7.39. The first-order valence-electron chi connectivity index (χ1n) is 7.39. The van der Waals surface area contributed by atoms with E-state index in [4.69, 9.17) is 14.6 Å². The van der Waals surface area contributed by atoms with Crippen molar-refractivity contribution < 1.29 is 24.2 Å². The quantitative estimate of drug-likeness (QED) is 0.722. The van der Waals surface area contributed by atoms with Crippen LogP contribution in [0.5, 0.6) is 0 Å². The minimum atomic E-state index is -0.915. The highest BCUT2D eigenvalue weighted by Gasteiger charge is 2.42. The number of hydrogen-bond acceptors (Lipinski definition) is 4. The number of amides is 2. The lowest BCUT2D eigenvalue weighted by atomic mass is 10.0. The van der Waals surface area contributed by atoms with E-state index in [1.807, 2.05) is 0 Å². The number of hydrogen-bond donors (Lipinski definition) is 2. The lowest BCUT2D eigenvalue weighted by Gasteiger charge is -2.35. The van der Waals surface area contributed by atoms with E-state index < -0.39 is 5.97 Å². The van der Waals surface area contributed by atoms with Gasteiger partial charge in [0.1, 0.15) is 0 Å². The van der Waals surface area contributed by atoms with Crippen LogP contribution in [-0.2, 0) is 14.3 Å². The van der Waals surface area contributed by atoms with Gasteiger partial charge < -0.3 is 24.8 Å². The monoisotopic (exact) mass is 300 g/mol. The topological polar surface area (TPSA) is 88.1 Å². The smallest absolute Gasteiger partial charge is 0.317 e. The van der Waals surface area contributed by atoms with Crippen LogP contribution in [-0.4, -0.2) is 68.1 Å². The average Bonchev–Trinajstić information content (AvgIpc) is 3.23. The maximum Gasteiger partial charge on any atom is 0.317 e. The molecule has 0 aromatic heterocycles. The second-order valence-electron chi connectivity index (χ2n) is 5.92. The number of methoxy groups -OCH3 is 1. The minimum Gasteiger partial charge on any atom is -0.481 e. The molecule has 0 aromatic rings. The second kappa shape index (κ2) is 7.09. The van der Waals surface area contributed by atoms with Gasteiger partial charge in [0, 0.05) is 26.8 Å². The van der Waals surface area contributed by atoms with Gasteiger partial charge in [-0.15, -0.1) is 0 Å². The summed E-state index contributed by atoms with van der Waals surface area (Å²) in [6, 6.07) is -0.571. The molecular weight excluding hydrogens is 276 g/mol. The zero-order chi connectivity index (χ0) is 15.3. The van der Waals surface area contributed by atoms with Gasteiger partial charge in [0.2, 0.25) is 0 Å². The summed E-state index contributed by atoms with van der Waals surface area (Å²) in [5, 5.41) is 11.9. The Morgan fingerprint density at radius 3 is 2.86 bits per heavy atom. The normalized spacial score (nSPS) is 23.7. The van der Waals surface area contributed by atoms with Gasteiger partial charge in [0.15, 0.2) is 0 Å². The third-order valence-electron chi connectivity index (χ3n) is 4.31. The first-order chi connectivity index (χ1) is 10.1. The summed E-state index contributed by atoms with van der Waals surface area (Å²) in [6.07, 6.45) is 3.09. The number of carboxylic acids is 1. The van der Waals surface area contributed by atoms with Gasteiger partial charge in [-0.05, 0) is 24.7 Å². The number of nitrogens with one attached hydrogen (secondary N) is 1. The van der Waals surface area contributed by atoms with Gasteiger partial charge in [-0.25, -0.2) is 4.79 Å². The highest BCUT2D eigenvalue weighted by atomic mass is 16.5. The molecule has 1 atom stereocenters. The van der Waals surface area contributed by atoms with Gasteiger partial charge in [0.05, 0.1) is 25.7 Å². The van der Waals surface area contributed by atoms with E-state index in [-0.39, 0.29) is 30.5 Å². The second-order valence-corrected chi connectivity index (χ2v) is 5.92. The molecule has 1 unspecified atom stereocenters. The summed E-state index contributed by atoms with van der Waals surface area (Å²) >= 11 is 0. The third-order valence-corrected chi connectivity index (χ3v) is 4.31. The van der Waals surface area contributed by atoms with Crippen LogP contribution in [0.2, 0.25) is 0 Å². The number of carbonyl (C=O) groups excluding carboxylic acids is 1. The molecule has 7 heteroatoms. The molecule has 1 aliphatic heterocycles. The Labute approximate surface area is 124 Å². The maximum absolute atomic E-state index is 12.3. The molecule has 1 saturated carbocycles. The molecule has 7 nitrogen and oxygen atoms in total. The fraction of sp³-hybridized carbons (Fsp3) is 0.857. The van der Waals surface area contributed by atoms with Crippen LogP contribution in [0.4, 0.5) is 4.79 Å². The number of ether oxygens (including phenoxy) is 2. The lowest BCUT2D eigenvalue weighted by Crippen LogP contribution is -2.53.